The molecule has 2 aliphatic rings. The van der Waals surface area contributed by atoms with Crippen molar-refractivity contribution in [1.82, 2.24) is 14.7 Å². The molecular formula is C26H24Cl2FN3O2S. The van der Waals surface area contributed by atoms with Gasteiger partial charge in [-0.25, -0.2) is 4.39 Å². The maximum absolute atomic E-state index is 14.0. The number of benzene rings is 2. The average molecular weight is 532 g/mol. The van der Waals surface area contributed by atoms with E-state index in [2.05, 4.69) is 16.3 Å². The van der Waals surface area contributed by atoms with E-state index >= 15 is 0 Å². The molecule has 0 bridgehead atoms. The predicted octanol–water partition coefficient (Wildman–Crippen LogP) is 5.13. The van der Waals surface area contributed by atoms with Crippen molar-refractivity contribution in [3.8, 4) is 0 Å². The Kier molecular flexibility index (Phi) is 7.12. The molecule has 2 amide bonds. The van der Waals surface area contributed by atoms with E-state index in [9.17, 15) is 14.0 Å². The van der Waals surface area contributed by atoms with E-state index in [1.165, 1.54) is 10.9 Å². The van der Waals surface area contributed by atoms with Crippen LogP contribution in [0, 0.1) is 5.82 Å². The summed E-state index contributed by atoms with van der Waals surface area (Å²) in [5, 5.41) is 2.86. The molecule has 2 aromatic carbocycles. The van der Waals surface area contributed by atoms with Gasteiger partial charge in [-0.2, -0.15) is 0 Å². The van der Waals surface area contributed by atoms with Gasteiger partial charge in [0.1, 0.15) is 5.82 Å². The number of piperazine rings is 1. The third kappa shape index (κ3) is 5.09. The van der Waals surface area contributed by atoms with Crippen LogP contribution >= 0.6 is 34.5 Å². The number of hydrogen-bond donors (Lipinski definition) is 0. The summed E-state index contributed by atoms with van der Waals surface area (Å²) in [6.45, 7) is 2.76. The SMILES string of the molecule is O=C(CN1CCc2sccc2C1c1cccc(F)c1)N1CCN(C(=O)c2ccc(Cl)cc2Cl)CC1. The third-order valence-electron chi connectivity index (χ3n) is 6.65. The molecule has 0 saturated carbocycles. The average Bonchev–Trinajstić information content (AvgIpc) is 3.32. The fraction of sp³-hybridized carbons (Fsp3) is 0.308. The molecular weight excluding hydrogens is 508 g/mol. The molecule has 0 spiro atoms. The molecule has 9 heteroatoms. The van der Waals surface area contributed by atoms with Crippen molar-refractivity contribution in [2.24, 2.45) is 0 Å². The van der Waals surface area contributed by atoms with Crippen LogP contribution in [-0.4, -0.2) is 65.8 Å². The first kappa shape index (κ1) is 24.3. The Balaban J connectivity index is 1.25. The Morgan fingerprint density at radius 3 is 2.49 bits per heavy atom. The zero-order valence-corrected chi connectivity index (χ0v) is 21.3. The molecule has 35 heavy (non-hydrogen) atoms. The Bertz CT molecular complexity index is 1260. The molecule has 2 aliphatic heterocycles. The Labute approximate surface area is 217 Å². The van der Waals surface area contributed by atoms with Gasteiger partial charge in [-0.15, -0.1) is 11.3 Å². The van der Waals surface area contributed by atoms with Crippen molar-refractivity contribution < 1.29 is 14.0 Å². The van der Waals surface area contributed by atoms with Crippen molar-refractivity contribution in [2.75, 3.05) is 39.3 Å². The van der Waals surface area contributed by atoms with Crippen LogP contribution in [0.2, 0.25) is 10.0 Å². The molecule has 1 saturated heterocycles. The summed E-state index contributed by atoms with van der Waals surface area (Å²) < 4.78 is 14.0. The molecule has 1 unspecified atom stereocenters. The van der Waals surface area contributed by atoms with Gasteiger partial charge < -0.3 is 9.80 Å². The minimum Gasteiger partial charge on any atom is -0.338 e. The summed E-state index contributed by atoms with van der Waals surface area (Å²) in [6, 6.07) is 13.4. The second-order valence-corrected chi connectivity index (χ2v) is 10.6. The largest absolute Gasteiger partial charge is 0.338 e. The highest BCUT2D eigenvalue weighted by molar-refractivity contribution is 7.10. The van der Waals surface area contributed by atoms with E-state index < -0.39 is 0 Å². The summed E-state index contributed by atoms with van der Waals surface area (Å²) in [4.78, 5) is 33.1. The van der Waals surface area contributed by atoms with E-state index in [4.69, 9.17) is 23.2 Å². The lowest BCUT2D eigenvalue weighted by atomic mass is 9.93. The van der Waals surface area contributed by atoms with Crippen LogP contribution in [0.1, 0.15) is 32.4 Å². The van der Waals surface area contributed by atoms with E-state index in [-0.39, 0.29) is 30.2 Å². The molecule has 182 valence electrons. The summed E-state index contributed by atoms with van der Waals surface area (Å²) in [7, 11) is 0. The van der Waals surface area contributed by atoms with E-state index in [0.717, 1.165) is 24.1 Å². The van der Waals surface area contributed by atoms with Crippen molar-refractivity contribution in [2.45, 2.75) is 12.5 Å². The lowest BCUT2D eigenvalue weighted by Gasteiger charge is -2.39. The number of nitrogens with zero attached hydrogens (tertiary/aromatic N) is 3. The predicted molar refractivity (Wildman–Crippen MR) is 137 cm³/mol. The molecule has 5 rings (SSSR count). The van der Waals surface area contributed by atoms with Gasteiger partial charge in [-0.05, 0) is 59.3 Å². The van der Waals surface area contributed by atoms with Crippen molar-refractivity contribution in [3.05, 3.63) is 91.3 Å². The number of amides is 2. The minimum atomic E-state index is -0.280. The highest BCUT2D eigenvalue weighted by atomic mass is 35.5. The number of carbonyl (C=O) groups is 2. The molecule has 0 aliphatic carbocycles. The number of fused-ring (bicyclic) bond motifs is 1. The Hall–Kier alpha value is -2.45. The second-order valence-electron chi connectivity index (χ2n) is 8.77. The maximum Gasteiger partial charge on any atom is 0.255 e. The number of halogens is 3. The minimum absolute atomic E-state index is 0.0155. The fourth-order valence-corrected chi connectivity index (χ4v) is 6.26. The Morgan fingerprint density at radius 1 is 0.971 bits per heavy atom. The maximum atomic E-state index is 14.0. The number of rotatable bonds is 4. The quantitative estimate of drug-likeness (QED) is 0.468. The first-order valence-corrected chi connectivity index (χ1v) is 13.1. The number of hydrogen-bond acceptors (Lipinski definition) is 4. The third-order valence-corrected chi connectivity index (χ3v) is 8.19. The summed E-state index contributed by atoms with van der Waals surface area (Å²) >= 11 is 13.9. The van der Waals surface area contributed by atoms with Crippen LogP contribution in [0.3, 0.4) is 0 Å². The van der Waals surface area contributed by atoms with Crippen LogP contribution in [-0.2, 0) is 11.2 Å². The second kappa shape index (κ2) is 10.3. The molecule has 0 N–H and O–H groups in total. The van der Waals surface area contributed by atoms with Crippen LogP contribution in [0.15, 0.2) is 53.9 Å². The van der Waals surface area contributed by atoms with Crippen molar-refractivity contribution in [3.63, 3.8) is 0 Å². The number of carbonyl (C=O) groups excluding carboxylic acids is 2. The van der Waals surface area contributed by atoms with Gasteiger partial charge in [0.05, 0.1) is 23.2 Å². The highest BCUT2D eigenvalue weighted by Crippen LogP contribution is 2.37. The standard InChI is InChI=1S/C26H24Cl2FN3O2S/c27-18-4-5-20(22(28)15-18)26(34)31-11-9-30(10-12-31)24(33)16-32-8-6-23-21(7-13-35-23)25(32)17-2-1-3-19(29)14-17/h1-5,7,13-15,25H,6,8-12,16H2. The van der Waals surface area contributed by atoms with E-state index in [1.54, 1.807) is 51.5 Å². The summed E-state index contributed by atoms with van der Waals surface area (Å²) in [5.74, 6) is -0.426. The first-order valence-electron chi connectivity index (χ1n) is 11.5. The number of thiophene rings is 1. The smallest absolute Gasteiger partial charge is 0.255 e. The molecule has 1 aromatic heterocycles. The van der Waals surface area contributed by atoms with E-state index in [1.807, 2.05) is 6.07 Å². The van der Waals surface area contributed by atoms with Crippen LogP contribution in [0.4, 0.5) is 4.39 Å². The zero-order valence-electron chi connectivity index (χ0n) is 18.9. The van der Waals surface area contributed by atoms with Gasteiger partial charge >= 0.3 is 0 Å². The Morgan fingerprint density at radius 2 is 1.74 bits per heavy atom. The van der Waals surface area contributed by atoms with Gasteiger partial charge in [-0.3, -0.25) is 14.5 Å². The normalized spacial score (nSPS) is 18.4. The van der Waals surface area contributed by atoms with Crippen LogP contribution in [0.5, 0.6) is 0 Å². The van der Waals surface area contributed by atoms with Gasteiger partial charge in [-0.1, -0.05) is 35.3 Å². The lowest BCUT2D eigenvalue weighted by molar-refractivity contribution is -0.134. The molecule has 0 radical (unpaired) electrons. The summed E-state index contributed by atoms with van der Waals surface area (Å²) in [5.41, 5.74) is 2.41. The van der Waals surface area contributed by atoms with E-state index in [0.29, 0.717) is 41.8 Å². The van der Waals surface area contributed by atoms with Crippen LogP contribution in [0.25, 0.3) is 0 Å². The van der Waals surface area contributed by atoms with Crippen molar-refractivity contribution >= 4 is 46.4 Å². The van der Waals surface area contributed by atoms with Gasteiger partial charge in [0.2, 0.25) is 5.91 Å². The topological polar surface area (TPSA) is 43.9 Å². The first-order chi connectivity index (χ1) is 16.9. The molecule has 1 fully saturated rings. The molecule has 1 atom stereocenters. The van der Waals surface area contributed by atoms with Gasteiger partial charge in [0, 0.05) is 42.6 Å². The van der Waals surface area contributed by atoms with Crippen LogP contribution < -0.4 is 0 Å². The molecule has 5 nitrogen and oxygen atoms in total. The lowest BCUT2D eigenvalue weighted by Crippen LogP contribution is -2.53. The van der Waals surface area contributed by atoms with Gasteiger partial charge in [0.25, 0.3) is 5.91 Å². The van der Waals surface area contributed by atoms with Gasteiger partial charge in [0.15, 0.2) is 0 Å². The molecule has 3 heterocycles. The zero-order chi connectivity index (χ0) is 24.5. The fourth-order valence-electron chi connectivity index (χ4n) is 4.87. The van der Waals surface area contributed by atoms with Crippen molar-refractivity contribution in [1.29, 1.82) is 0 Å². The highest BCUT2D eigenvalue weighted by Gasteiger charge is 2.33. The molecule has 3 aromatic rings. The summed E-state index contributed by atoms with van der Waals surface area (Å²) in [6.07, 6.45) is 0.871. The monoisotopic (exact) mass is 531 g/mol.